The van der Waals surface area contributed by atoms with Crippen LogP contribution in [0.5, 0.6) is 0 Å². The maximum atomic E-state index is 12.6. The van der Waals surface area contributed by atoms with E-state index in [1.807, 2.05) is 61.5 Å². The van der Waals surface area contributed by atoms with Crippen LogP contribution in [-0.2, 0) is 27.3 Å². The number of aliphatic carboxylic acids is 1. The van der Waals surface area contributed by atoms with Crippen LogP contribution in [0.3, 0.4) is 0 Å². The van der Waals surface area contributed by atoms with Crippen molar-refractivity contribution in [3.05, 3.63) is 71.3 Å². The van der Waals surface area contributed by atoms with Crippen molar-refractivity contribution in [1.29, 1.82) is 0 Å². The van der Waals surface area contributed by atoms with Gasteiger partial charge in [-0.05, 0) is 18.1 Å². The molecular formula is C22H24N2O4. The molecule has 3 rings (SSSR count). The Labute approximate surface area is 164 Å². The van der Waals surface area contributed by atoms with E-state index >= 15 is 0 Å². The Morgan fingerprint density at radius 1 is 1.11 bits per heavy atom. The predicted octanol–water partition coefficient (Wildman–Crippen LogP) is 2.16. The number of rotatable bonds is 7. The molecule has 0 radical (unpaired) electrons. The van der Waals surface area contributed by atoms with E-state index in [0.29, 0.717) is 13.1 Å². The maximum absolute atomic E-state index is 12.6. The highest BCUT2D eigenvalue weighted by Crippen LogP contribution is 2.21. The van der Waals surface area contributed by atoms with Gasteiger partial charge in [0.2, 0.25) is 11.8 Å². The van der Waals surface area contributed by atoms with Crippen LogP contribution in [0.15, 0.2) is 54.6 Å². The topological polar surface area (TPSA) is 86.7 Å². The lowest BCUT2D eigenvalue weighted by molar-refractivity contribution is -0.142. The second kappa shape index (κ2) is 8.69. The zero-order valence-corrected chi connectivity index (χ0v) is 15.8. The summed E-state index contributed by atoms with van der Waals surface area (Å²) in [6.45, 7) is 2.75. The third-order valence-corrected chi connectivity index (χ3v) is 4.98. The van der Waals surface area contributed by atoms with E-state index in [9.17, 15) is 19.5 Å². The summed E-state index contributed by atoms with van der Waals surface area (Å²) >= 11 is 0. The Hall–Kier alpha value is -3.15. The molecule has 1 unspecified atom stereocenters. The number of carboxylic acid groups (broad SMARTS) is 1. The first-order chi connectivity index (χ1) is 13.4. The number of hydrogen-bond acceptors (Lipinski definition) is 3. The van der Waals surface area contributed by atoms with Crippen molar-refractivity contribution in [2.75, 3.05) is 6.54 Å². The van der Waals surface area contributed by atoms with Gasteiger partial charge in [-0.2, -0.15) is 0 Å². The summed E-state index contributed by atoms with van der Waals surface area (Å²) in [4.78, 5) is 38.1. The fraction of sp³-hybridized carbons (Fsp3) is 0.318. The molecule has 2 N–H and O–H groups in total. The maximum Gasteiger partial charge on any atom is 0.326 e. The fourth-order valence-electron chi connectivity index (χ4n) is 3.35. The van der Waals surface area contributed by atoms with Crippen LogP contribution >= 0.6 is 0 Å². The lowest BCUT2D eigenvalue weighted by atomic mass is 10.0. The number of amides is 2. The van der Waals surface area contributed by atoms with Gasteiger partial charge in [-0.3, -0.25) is 9.59 Å². The first kappa shape index (κ1) is 19.6. The quantitative estimate of drug-likeness (QED) is 0.771. The Bertz CT molecular complexity index is 849. The summed E-state index contributed by atoms with van der Waals surface area (Å²) in [5.41, 5.74) is 2.98. The summed E-state index contributed by atoms with van der Waals surface area (Å²) in [5, 5.41) is 12.1. The average molecular weight is 380 g/mol. The number of nitrogens with one attached hydrogen (secondary N) is 1. The normalized spacial score (nSPS) is 17.4. The molecule has 1 heterocycles. The molecule has 28 heavy (non-hydrogen) atoms. The summed E-state index contributed by atoms with van der Waals surface area (Å²) in [6, 6.07) is 16.0. The van der Waals surface area contributed by atoms with Crippen LogP contribution in [0.2, 0.25) is 0 Å². The third kappa shape index (κ3) is 4.97. The highest BCUT2D eigenvalue weighted by molar-refractivity contribution is 5.91. The van der Waals surface area contributed by atoms with Gasteiger partial charge >= 0.3 is 5.97 Å². The van der Waals surface area contributed by atoms with E-state index in [1.165, 1.54) is 0 Å². The SMILES string of the molecule is Cc1ccc(CN2CC(C(=O)N[C@H](Cc3ccccc3)C(=O)O)CC2=O)cc1. The number of nitrogens with zero attached hydrogens (tertiary/aromatic N) is 1. The second-order valence-electron chi connectivity index (χ2n) is 7.25. The third-order valence-electron chi connectivity index (χ3n) is 4.98. The smallest absolute Gasteiger partial charge is 0.326 e. The lowest BCUT2D eigenvalue weighted by Crippen LogP contribution is -2.45. The Balaban J connectivity index is 1.59. The first-order valence-corrected chi connectivity index (χ1v) is 9.33. The molecule has 0 saturated carbocycles. The van der Waals surface area contributed by atoms with Crippen LogP contribution in [0.25, 0.3) is 0 Å². The molecule has 0 spiro atoms. The molecule has 6 heteroatoms. The van der Waals surface area contributed by atoms with Crippen molar-refractivity contribution in [2.24, 2.45) is 5.92 Å². The summed E-state index contributed by atoms with van der Waals surface area (Å²) < 4.78 is 0. The van der Waals surface area contributed by atoms with Gasteiger partial charge in [0.05, 0.1) is 5.92 Å². The molecule has 6 nitrogen and oxygen atoms in total. The Kier molecular flexibility index (Phi) is 6.09. The van der Waals surface area contributed by atoms with Crippen molar-refractivity contribution in [1.82, 2.24) is 10.2 Å². The van der Waals surface area contributed by atoms with Crippen LogP contribution in [0.4, 0.5) is 0 Å². The van der Waals surface area contributed by atoms with Gasteiger partial charge in [-0.1, -0.05) is 60.2 Å². The number of likely N-dealkylation sites (tertiary alicyclic amines) is 1. The van der Waals surface area contributed by atoms with Crippen LogP contribution < -0.4 is 5.32 Å². The zero-order chi connectivity index (χ0) is 20.1. The number of carbonyl (C=O) groups excluding carboxylic acids is 2. The van der Waals surface area contributed by atoms with Crippen molar-refractivity contribution in [3.63, 3.8) is 0 Å². The largest absolute Gasteiger partial charge is 0.480 e. The van der Waals surface area contributed by atoms with Crippen LogP contribution in [-0.4, -0.2) is 40.4 Å². The molecule has 2 atom stereocenters. The van der Waals surface area contributed by atoms with Crippen molar-refractivity contribution in [2.45, 2.75) is 32.4 Å². The monoisotopic (exact) mass is 380 g/mol. The number of carboxylic acids is 1. The minimum atomic E-state index is -1.09. The zero-order valence-electron chi connectivity index (χ0n) is 15.8. The molecule has 2 aromatic rings. The van der Waals surface area contributed by atoms with Crippen molar-refractivity contribution < 1.29 is 19.5 Å². The fourth-order valence-corrected chi connectivity index (χ4v) is 3.35. The van der Waals surface area contributed by atoms with E-state index in [-0.39, 0.29) is 24.7 Å². The number of aryl methyl sites for hydroxylation is 1. The molecule has 1 saturated heterocycles. The Morgan fingerprint density at radius 2 is 1.79 bits per heavy atom. The second-order valence-corrected chi connectivity index (χ2v) is 7.25. The molecule has 0 aromatic heterocycles. The molecule has 1 aliphatic rings. The average Bonchev–Trinajstić information content (AvgIpc) is 3.04. The highest BCUT2D eigenvalue weighted by Gasteiger charge is 2.35. The van der Waals surface area contributed by atoms with Gasteiger partial charge < -0.3 is 15.3 Å². The van der Waals surface area contributed by atoms with Gasteiger partial charge in [-0.25, -0.2) is 4.79 Å². The summed E-state index contributed by atoms with van der Waals surface area (Å²) in [7, 11) is 0. The summed E-state index contributed by atoms with van der Waals surface area (Å²) in [6.07, 6.45) is 0.311. The molecule has 0 bridgehead atoms. The van der Waals surface area contributed by atoms with E-state index in [2.05, 4.69) is 5.32 Å². The van der Waals surface area contributed by atoms with Crippen molar-refractivity contribution >= 4 is 17.8 Å². The molecule has 0 aliphatic carbocycles. The molecule has 146 valence electrons. The number of benzene rings is 2. The van der Waals surface area contributed by atoms with E-state index in [4.69, 9.17) is 0 Å². The van der Waals surface area contributed by atoms with Crippen molar-refractivity contribution in [3.8, 4) is 0 Å². The van der Waals surface area contributed by atoms with E-state index in [0.717, 1.165) is 16.7 Å². The van der Waals surface area contributed by atoms with Gasteiger partial charge in [0.25, 0.3) is 0 Å². The van der Waals surface area contributed by atoms with E-state index in [1.54, 1.807) is 4.90 Å². The van der Waals surface area contributed by atoms with Gasteiger partial charge in [0.15, 0.2) is 0 Å². The number of hydrogen-bond donors (Lipinski definition) is 2. The number of carbonyl (C=O) groups is 3. The summed E-state index contributed by atoms with van der Waals surface area (Å²) in [5.74, 6) is -2.09. The van der Waals surface area contributed by atoms with Crippen LogP contribution in [0, 0.1) is 12.8 Å². The minimum Gasteiger partial charge on any atom is -0.480 e. The molecule has 2 aromatic carbocycles. The minimum absolute atomic E-state index is 0.0874. The predicted molar refractivity (Wildman–Crippen MR) is 104 cm³/mol. The highest BCUT2D eigenvalue weighted by atomic mass is 16.4. The molecule has 2 amide bonds. The van der Waals surface area contributed by atoms with Crippen LogP contribution in [0.1, 0.15) is 23.1 Å². The first-order valence-electron chi connectivity index (χ1n) is 9.33. The Morgan fingerprint density at radius 3 is 2.43 bits per heavy atom. The standard InChI is InChI=1S/C22H24N2O4/c1-15-7-9-17(10-8-15)13-24-14-18(12-20(24)25)21(26)23-19(22(27)28)11-16-5-3-2-4-6-16/h2-10,18-19H,11-14H2,1H3,(H,23,26)(H,27,28)/t18?,19-/m1/s1. The van der Waals surface area contributed by atoms with E-state index < -0.39 is 17.9 Å². The molecule has 1 aliphatic heterocycles. The van der Waals surface area contributed by atoms with Gasteiger partial charge in [0.1, 0.15) is 6.04 Å². The molecular weight excluding hydrogens is 356 g/mol. The van der Waals surface area contributed by atoms with Gasteiger partial charge in [-0.15, -0.1) is 0 Å². The van der Waals surface area contributed by atoms with Gasteiger partial charge in [0, 0.05) is 25.9 Å². The lowest BCUT2D eigenvalue weighted by Gasteiger charge is -2.19. The molecule has 1 fully saturated rings.